The Kier molecular flexibility index (Phi) is 2.96. The summed E-state index contributed by atoms with van der Waals surface area (Å²) < 4.78 is 1.17. The molecule has 0 fully saturated rings. The van der Waals surface area contributed by atoms with Gasteiger partial charge in [-0.25, -0.2) is 4.98 Å². The minimum Gasteiger partial charge on any atom is -0.392 e. The standard InChI is InChI=1S/C14H12N2OS/c17-9-10-5-7-11(8-6-10)15-14-16-12-3-1-2-4-13(12)18-14/h1-8,17H,9H2,(H,15,16). The van der Waals surface area contributed by atoms with Crippen LogP contribution in [0.25, 0.3) is 10.2 Å². The van der Waals surface area contributed by atoms with E-state index in [0.29, 0.717) is 0 Å². The molecule has 0 bridgehead atoms. The molecule has 0 unspecified atom stereocenters. The third-order valence-corrected chi connectivity index (χ3v) is 3.63. The van der Waals surface area contributed by atoms with Crippen LogP contribution in [-0.4, -0.2) is 10.1 Å². The minimum absolute atomic E-state index is 0.0709. The van der Waals surface area contributed by atoms with Crippen molar-refractivity contribution >= 4 is 32.4 Å². The summed E-state index contributed by atoms with van der Waals surface area (Å²) in [4.78, 5) is 4.51. The van der Waals surface area contributed by atoms with Crippen LogP contribution in [0.4, 0.5) is 10.8 Å². The molecule has 2 aromatic carbocycles. The van der Waals surface area contributed by atoms with Gasteiger partial charge in [-0.15, -0.1) is 0 Å². The lowest BCUT2D eigenvalue weighted by molar-refractivity contribution is 0.282. The van der Waals surface area contributed by atoms with E-state index in [1.807, 2.05) is 42.5 Å². The van der Waals surface area contributed by atoms with Gasteiger partial charge >= 0.3 is 0 Å². The van der Waals surface area contributed by atoms with E-state index in [1.165, 1.54) is 4.70 Å². The van der Waals surface area contributed by atoms with Crippen LogP contribution in [0.3, 0.4) is 0 Å². The summed E-state index contributed by atoms with van der Waals surface area (Å²) in [5, 5.41) is 13.1. The molecule has 1 heterocycles. The first-order valence-corrected chi connectivity index (χ1v) is 6.49. The van der Waals surface area contributed by atoms with Gasteiger partial charge in [0.2, 0.25) is 0 Å². The molecule has 2 N–H and O–H groups in total. The summed E-state index contributed by atoms with van der Waals surface area (Å²) in [6.45, 7) is 0.0709. The van der Waals surface area contributed by atoms with Crippen LogP contribution in [0.1, 0.15) is 5.56 Å². The summed E-state index contributed by atoms with van der Waals surface area (Å²) in [6, 6.07) is 15.8. The minimum atomic E-state index is 0.0709. The van der Waals surface area contributed by atoms with Gasteiger partial charge in [-0.1, -0.05) is 35.6 Å². The Balaban J connectivity index is 1.86. The molecule has 3 rings (SSSR count). The van der Waals surface area contributed by atoms with E-state index in [1.54, 1.807) is 11.3 Å². The zero-order valence-electron chi connectivity index (χ0n) is 9.63. The quantitative estimate of drug-likeness (QED) is 0.753. The van der Waals surface area contributed by atoms with Crippen molar-refractivity contribution in [2.75, 3.05) is 5.32 Å². The van der Waals surface area contributed by atoms with E-state index in [4.69, 9.17) is 5.11 Å². The predicted octanol–water partition coefficient (Wildman–Crippen LogP) is 3.53. The highest BCUT2D eigenvalue weighted by molar-refractivity contribution is 7.22. The Morgan fingerprint density at radius 1 is 1.06 bits per heavy atom. The number of hydrogen-bond donors (Lipinski definition) is 2. The van der Waals surface area contributed by atoms with Crippen LogP contribution in [-0.2, 0) is 6.61 Å². The van der Waals surface area contributed by atoms with Crippen LogP contribution >= 0.6 is 11.3 Å². The number of nitrogens with zero attached hydrogens (tertiary/aromatic N) is 1. The highest BCUT2D eigenvalue weighted by atomic mass is 32.1. The van der Waals surface area contributed by atoms with Gasteiger partial charge in [-0.2, -0.15) is 0 Å². The molecule has 3 aromatic rings. The topological polar surface area (TPSA) is 45.1 Å². The Bertz CT molecular complexity index is 628. The number of rotatable bonds is 3. The van der Waals surface area contributed by atoms with Gasteiger partial charge in [0.25, 0.3) is 0 Å². The largest absolute Gasteiger partial charge is 0.392 e. The predicted molar refractivity (Wildman–Crippen MR) is 75.3 cm³/mol. The van der Waals surface area contributed by atoms with Gasteiger partial charge in [0, 0.05) is 5.69 Å². The highest BCUT2D eigenvalue weighted by Gasteiger charge is 2.02. The van der Waals surface area contributed by atoms with Crippen LogP contribution in [0.5, 0.6) is 0 Å². The normalized spacial score (nSPS) is 10.7. The molecule has 0 radical (unpaired) electrons. The van der Waals surface area contributed by atoms with E-state index in [0.717, 1.165) is 21.9 Å². The second-order valence-corrected chi connectivity index (χ2v) is 5.00. The molecule has 1 aromatic heterocycles. The first-order valence-electron chi connectivity index (χ1n) is 5.67. The number of aromatic nitrogens is 1. The molecule has 0 aliphatic heterocycles. The lowest BCUT2D eigenvalue weighted by Gasteiger charge is -2.02. The maximum absolute atomic E-state index is 8.98. The van der Waals surface area contributed by atoms with Crippen LogP contribution in [0.15, 0.2) is 48.5 Å². The summed E-state index contributed by atoms with van der Waals surface area (Å²) >= 11 is 1.63. The van der Waals surface area contributed by atoms with Crippen LogP contribution < -0.4 is 5.32 Å². The number of hydrogen-bond acceptors (Lipinski definition) is 4. The molecule has 0 aliphatic carbocycles. The van der Waals surface area contributed by atoms with Crippen molar-refractivity contribution < 1.29 is 5.11 Å². The molecule has 0 atom stereocenters. The fourth-order valence-electron chi connectivity index (χ4n) is 1.74. The van der Waals surface area contributed by atoms with E-state index >= 15 is 0 Å². The molecule has 4 heteroatoms. The zero-order chi connectivity index (χ0) is 12.4. The maximum atomic E-state index is 8.98. The molecule has 0 spiro atoms. The van der Waals surface area contributed by atoms with Crippen molar-refractivity contribution in [2.45, 2.75) is 6.61 Å². The Labute approximate surface area is 109 Å². The van der Waals surface area contributed by atoms with Crippen LogP contribution in [0, 0.1) is 0 Å². The molecule has 18 heavy (non-hydrogen) atoms. The Hall–Kier alpha value is -1.91. The number of anilines is 2. The van der Waals surface area contributed by atoms with Crippen LogP contribution in [0.2, 0.25) is 0 Å². The number of benzene rings is 2. The second-order valence-electron chi connectivity index (χ2n) is 3.97. The van der Waals surface area contributed by atoms with Crippen molar-refractivity contribution in [3.63, 3.8) is 0 Å². The SMILES string of the molecule is OCc1ccc(Nc2nc3ccccc3s2)cc1. The molecule has 0 saturated heterocycles. The van der Waals surface area contributed by atoms with Gasteiger partial charge in [0.05, 0.1) is 16.8 Å². The van der Waals surface area contributed by atoms with Gasteiger partial charge in [0.1, 0.15) is 0 Å². The van der Waals surface area contributed by atoms with Gasteiger partial charge in [0.15, 0.2) is 5.13 Å². The lowest BCUT2D eigenvalue weighted by Crippen LogP contribution is -1.89. The fraction of sp³-hybridized carbons (Fsp3) is 0.0714. The molecular formula is C14H12N2OS. The van der Waals surface area contributed by atoms with Crippen molar-refractivity contribution in [1.29, 1.82) is 0 Å². The molecule has 3 nitrogen and oxygen atoms in total. The van der Waals surface area contributed by atoms with Crippen molar-refractivity contribution in [1.82, 2.24) is 4.98 Å². The van der Waals surface area contributed by atoms with Crippen molar-refractivity contribution in [3.05, 3.63) is 54.1 Å². The summed E-state index contributed by atoms with van der Waals surface area (Å²) in [5.74, 6) is 0. The zero-order valence-corrected chi connectivity index (χ0v) is 10.4. The van der Waals surface area contributed by atoms with E-state index in [9.17, 15) is 0 Å². The average molecular weight is 256 g/mol. The second kappa shape index (κ2) is 4.76. The Morgan fingerprint density at radius 2 is 1.83 bits per heavy atom. The molecule has 0 amide bonds. The number of fused-ring (bicyclic) bond motifs is 1. The lowest BCUT2D eigenvalue weighted by atomic mass is 10.2. The van der Waals surface area contributed by atoms with Gasteiger partial charge < -0.3 is 10.4 Å². The molecule has 90 valence electrons. The third kappa shape index (κ3) is 2.20. The first-order chi connectivity index (χ1) is 8.85. The molecule has 0 saturated carbocycles. The Morgan fingerprint density at radius 3 is 2.56 bits per heavy atom. The van der Waals surface area contributed by atoms with Gasteiger partial charge in [-0.3, -0.25) is 0 Å². The third-order valence-electron chi connectivity index (χ3n) is 2.68. The number of para-hydroxylation sites is 1. The summed E-state index contributed by atoms with van der Waals surface area (Å²) in [7, 11) is 0. The van der Waals surface area contributed by atoms with Gasteiger partial charge in [-0.05, 0) is 29.8 Å². The fourth-order valence-corrected chi connectivity index (χ4v) is 2.63. The van der Waals surface area contributed by atoms with Crippen molar-refractivity contribution in [2.24, 2.45) is 0 Å². The number of aliphatic hydroxyl groups is 1. The first kappa shape index (κ1) is 11.2. The molecular weight excluding hydrogens is 244 g/mol. The smallest absolute Gasteiger partial charge is 0.188 e. The van der Waals surface area contributed by atoms with E-state index < -0.39 is 0 Å². The van der Waals surface area contributed by atoms with E-state index in [2.05, 4.69) is 16.4 Å². The molecule has 0 aliphatic rings. The van der Waals surface area contributed by atoms with Crippen molar-refractivity contribution in [3.8, 4) is 0 Å². The summed E-state index contributed by atoms with van der Waals surface area (Å²) in [6.07, 6.45) is 0. The number of nitrogens with one attached hydrogen (secondary N) is 1. The number of aliphatic hydroxyl groups excluding tert-OH is 1. The van der Waals surface area contributed by atoms with E-state index in [-0.39, 0.29) is 6.61 Å². The summed E-state index contributed by atoms with van der Waals surface area (Å²) in [5.41, 5.74) is 2.90. The highest BCUT2D eigenvalue weighted by Crippen LogP contribution is 2.27. The monoisotopic (exact) mass is 256 g/mol. The average Bonchev–Trinajstić information content (AvgIpc) is 2.82. The maximum Gasteiger partial charge on any atom is 0.188 e. The number of thiazole rings is 1.